The summed E-state index contributed by atoms with van der Waals surface area (Å²) in [5.41, 5.74) is 6.75. The molecule has 0 aliphatic heterocycles. The monoisotopic (exact) mass is 480 g/mol. The van der Waals surface area contributed by atoms with Gasteiger partial charge in [0.25, 0.3) is 0 Å². The van der Waals surface area contributed by atoms with E-state index in [1.807, 2.05) is 19.9 Å². The number of benzene rings is 1. The van der Waals surface area contributed by atoms with Gasteiger partial charge in [-0.3, -0.25) is 14.4 Å². The zero-order chi connectivity index (χ0) is 25.2. The second-order valence-electron chi connectivity index (χ2n) is 8.89. The van der Waals surface area contributed by atoms with E-state index in [4.69, 9.17) is 5.73 Å². The summed E-state index contributed by atoms with van der Waals surface area (Å²) < 4.78 is -0.879. The van der Waals surface area contributed by atoms with E-state index >= 15 is 0 Å². The molecule has 3 amide bonds. The van der Waals surface area contributed by atoms with E-state index in [0.717, 1.165) is 5.56 Å². The lowest BCUT2D eigenvalue weighted by Crippen LogP contribution is -2.61. The molecule has 0 heterocycles. The van der Waals surface area contributed by atoms with Gasteiger partial charge in [-0.2, -0.15) is 0 Å². The number of aliphatic carboxylic acids is 1. The maximum atomic E-state index is 13.2. The molecular weight excluding hydrogens is 444 g/mol. The Kier molecular flexibility index (Phi) is 11.4. The molecule has 0 unspecified atom stereocenters. The van der Waals surface area contributed by atoms with Crippen molar-refractivity contribution in [3.05, 3.63) is 35.9 Å². The van der Waals surface area contributed by atoms with Crippen molar-refractivity contribution in [2.24, 2.45) is 11.7 Å². The number of carbonyl (C=O) groups excluding carboxylic acids is 3. The molecule has 0 fully saturated rings. The second kappa shape index (κ2) is 13.2. The van der Waals surface area contributed by atoms with E-state index in [-0.39, 0.29) is 24.1 Å². The van der Waals surface area contributed by atoms with Crippen LogP contribution in [0.15, 0.2) is 30.3 Å². The van der Waals surface area contributed by atoms with Gasteiger partial charge in [-0.1, -0.05) is 44.2 Å². The summed E-state index contributed by atoms with van der Waals surface area (Å²) in [6.07, 6.45) is 0.528. The minimum atomic E-state index is -1.18. The average molecular weight is 481 g/mol. The largest absolute Gasteiger partial charge is 0.480 e. The molecule has 33 heavy (non-hydrogen) atoms. The van der Waals surface area contributed by atoms with E-state index < -0.39 is 40.7 Å². The lowest BCUT2D eigenvalue weighted by Gasteiger charge is -2.35. The fourth-order valence-corrected chi connectivity index (χ4v) is 4.11. The topological polar surface area (TPSA) is 151 Å². The number of nitrogens with one attached hydrogen (secondary N) is 3. The maximum absolute atomic E-state index is 13.2. The Labute approximate surface area is 199 Å². The summed E-state index contributed by atoms with van der Waals surface area (Å²) in [4.78, 5) is 49.0. The van der Waals surface area contributed by atoms with Gasteiger partial charge in [0.1, 0.15) is 12.1 Å². The van der Waals surface area contributed by atoms with Crippen molar-refractivity contribution in [2.75, 3.05) is 5.88 Å². The molecule has 1 aromatic carbocycles. The second-order valence-corrected chi connectivity index (χ2v) is 10.5. The quantitative estimate of drug-likeness (QED) is 0.267. The van der Waals surface area contributed by atoms with Crippen molar-refractivity contribution in [1.82, 2.24) is 16.0 Å². The van der Waals surface area contributed by atoms with Crippen LogP contribution >= 0.6 is 11.8 Å². The van der Waals surface area contributed by atoms with Crippen LogP contribution in [-0.4, -0.2) is 57.5 Å². The van der Waals surface area contributed by atoms with Crippen LogP contribution in [0.4, 0.5) is 0 Å². The van der Waals surface area contributed by atoms with E-state index in [1.165, 1.54) is 18.7 Å². The smallest absolute Gasteiger partial charge is 0.326 e. The van der Waals surface area contributed by atoms with Gasteiger partial charge in [-0.15, -0.1) is 11.8 Å². The Hall–Kier alpha value is -2.59. The van der Waals surface area contributed by atoms with Crippen molar-refractivity contribution < 1.29 is 24.3 Å². The van der Waals surface area contributed by atoms with Gasteiger partial charge in [-0.25, -0.2) is 4.79 Å². The summed E-state index contributed by atoms with van der Waals surface area (Å²) in [5.74, 6) is -2.14. The number of nitrogens with two attached hydrogens (primary N) is 1. The number of carbonyl (C=O) groups is 4. The van der Waals surface area contributed by atoms with Gasteiger partial charge in [0.15, 0.2) is 0 Å². The minimum Gasteiger partial charge on any atom is -0.480 e. The predicted octanol–water partition coefficient (Wildman–Crippen LogP) is 1.26. The molecule has 0 bridgehead atoms. The standard InChI is InChI=1S/C23H36N4O5S/c1-14(2)11-17(24)20(29)27-19(23(4,5)33-13-25-15(3)28)21(30)26-18(22(31)32)12-16-9-7-6-8-10-16/h6-10,14,17-19H,11-13,24H2,1-5H3,(H,25,28)(H,26,30)(H,27,29)(H,31,32)/t17-,18-,19+/m0/s1. The van der Waals surface area contributed by atoms with Crippen molar-refractivity contribution in [2.45, 2.75) is 70.3 Å². The normalized spacial score (nSPS) is 14.2. The average Bonchev–Trinajstić information content (AvgIpc) is 2.70. The van der Waals surface area contributed by atoms with Crippen molar-refractivity contribution in [1.29, 1.82) is 0 Å². The van der Waals surface area contributed by atoms with E-state index in [0.29, 0.717) is 6.42 Å². The number of thioether (sulfide) groups is 1. The highest BCUT2D eigenvalue weighted by Crippen LogP contribution is 2.28. The fraction of sp³-hybridized carbons (Fsp3) is 0.565. The van der Waals surface area contributed by atoms with Gasteiger partial charge in [0.05, 0.1) is 11.9 Å². The summed E-state index contributed by atoms with van der Waals surface area (Å²) in [5, 5.41) is 17.6. The molecule has 0 aliphatic carbocycles. The third-order valence-corrected chi connectivity index (χ3v) is 6.24. The van der Waals surface area contributed by atoms with Gasteiger partial charge in [0, 0.05) is 18.1 Å². The van der Waals surface area contributed by atoms with E-state index in [1.54, 1.807) is 38.1 Å². The molecule has 1 rings (SSSR count). The number of amides is 3. The Morgan fingerprint density at radius 2 is 1.67 bits per heavy atom. The zero-order valence-corrected chi connectivity index (χ0v) is 20.7. The molecular formula is C23H36N4O5S. The highest BCUT2D eigenvalue weighted by molar-refractivity contribution is 8.00. The Balaban J connectivity index is 3.07. The van der Waals surface area contributed by atoms with Gasteiger partial charge >= 0.3 is 5.97 Å². The van der Waals surface area contributed by atoms with Crippen LogP contribution < -0.4 is 21.7 Å². The molecule has 0 radical (unpaired) electrons. The molecule has 0 saturated carbocycles. The molecule has 0 spiro atoms. The molecule has 0 saturated heterocycles. The number of carboxylic acid groups (broad SMARTS) is 1. The first-order valence-electron chi connectivity index (χ1n) is 10.8. The van der Waals surface area contributed by atoms with Gasteiger partial charge in [0.2, 0.25) is 17.7 Å². The molecule has 9 nitrogen and oxygen atoms in total. The van der Waals surface area contributed by atoms with Crippen LogP contribution in [0.5, 0.6) is 0 Å². The first-order valence-corrected chi connectivity index (χ1v) is 11.8. The van der Waals surface area contributed by atoms with E-state index in [2.05, 4.69) is 16.0 Å². The van der Waals surface area contributed by atoms with Crippen molar-refractivity contribution in [3.63, 3.8) is 0 Å². The van der Waals surface area contributed by atoms with Crippen LogP contribution in [0.1, 0.15) is 46.6 Å². The molecule has 0 aliphatic rings. The summed E-state index contributed by atoms with van der Waals surface area (Å²) in [7, 11) is 0. The third kappa shape index (κ3) is 10.3. The molecule has 0 aromatic heterocycles. The molecule has 3 atom stereocenters. The molecule has 1 aromatic rings. The van der Waals surface area contributed by atoms with E-state index in [9.17, 15) is 24.3 Å². The molecule has 184 valence electrons. The lowest BCUT2D eigenvalue weighted by molar-refractivity contribution is -0.142. The van der Waals surface area contributed by atoms with Crippen LogP contribution in [-0.2, 0) is 25.6 Å². The Morgan fingerprint density at radius 3 is 2.18 bits per heavy atom. The zero-order valence-electron chi connectivity index (χ0n) is 19.9. The first-order chi connectivity index (χ1) is 15.3. The number of hydrogen-bond acceptors (Lipinski definition) is 6. The van der Waals surface area contributed by atoms with Gasteiger partial charge < -0.3 is 26.8 Å². The van der Waals surface area contributed by atoms with Crippen molar-refractivity contribution >= 4 is 35.5 Å². The van der Waals surface area contributed by atoms with Crippen molar-refractivity contribution in [3.8, 4) is 0 Å². The highest BCUT2D eigenvalue weighted by atomic mass is 32.2. The lowest BCUT2D eigenvalue weighted by atomic mass is 9.98. The SMILES string of the molecule is CC(=O)NCSC(C)(C)[C@H](NC(=O)[C@@H](N)CC(C)C)C(=O)N[C@@H](Cc1ccccc1)C(=O)O. The molecule has 10 heteroatoms. The summed E-state index contributed by atoms with van der Waals surface area (Å²) in [6, 6.07) is 5.88. The number of carboxylic acids is 1. The molecule has 6 N–H and O–H groups in total. The van der Waals surface area contributed by atoms with Crippen LogP contribution in [0, 0.1) is 5.92 Å². The number of hydrogen-bond donors (Lipinski definition) is 5. The third-order valence-electron chi connectivity index (χ3n) is 4.97. The first kappa shape index (κ1) is 28.4. The predicted molar refractivity (Wildman–Crippen MR) is 129 cm³/mol. The summed E-state index contributed by atoms with van der Waals surface area (Å²) in [6.45, 7) is 8.73. The maximum Gasteiger partial charge on any atom is 0.326 e. The minimum absolute atomic E-state index is 0.0922. The Bertz CT molecular complexity index is 816. The fourth-order valence-electron chi connectivity index (χ4n) is 3.13. The number of rotatable bonds is 13. The summed E-state index contributed by atoms with van der Waals surface area (Å²) >= 11 is 1.25. The van der Waals surface area contributed by atoms with Gasteiger partial charge in [-0.05, 0) is 31.7 Å². The highest BCUT2D eigenvalue weighted by Gasteiger charge is 2.39. The van der Waals surface area contributed by atoms with Crippen LogP contribution in [0.25, 0.3) is 0 Å². The van der Waals surface area contributed by atoms with Crippen LogP contribution in [0.3, 0.4) is 0 Å². The Morgan fingerprint density at radius 1 is 1.06 bits per heavy atom. The van der Waals surface area contributed by atoms with Crippen LogP contribution in [0.2, 0.25) is 0 Å².